The lowest BCUT2D eigenvalue weighted by Crippen LogP contribution is -2.21. The van der Waals surface area contributed by atoms with Gasteiger partial charge in [-0.1, -0.05) is 0 Å². The van der Waals surface area contributed by atoms with Gasteiger partial charge in [-0.05, 0) is 34.7 Å². The predicted molar refractivity (Wildman–Crippen MR) is 60.4 cm³/mol. The van der Waals surface area contributed by atoms with Crippen molar-refractivity contribution >= 4 is 37.1 Å². The maximum atomic E-state index is 11.2. The second kappa shape index (κ2) is 3.90. The van der Waals surface area contributed by atoms with E-state index in [0.29, 0.717) is 17.4 Å². The van der Waals surface area contributed by atoms with Gasteiger partial charge in [-0.15, -0.1) is 11.3 Å². The largest absolute Gasteiger partial charge is 0.237 e. The van der Waals surface area contributed by atoms with Crippen LogP contribution in [0.5, 0.6) is 0 Å². The van der Waals surface area contributed by atoms with E-state index in [2.05, 4.69) is 20.9 Å². The Kier molecular flexibility index (Phi) is 2.95. The summed E-state index contributed by atoms with van der Waals surface area (Å²) >= 11 is 4.92. The molecule has 1 aromatic rings. The number of sulfone groups is 1. The molecule has 3 nitrogen and oxygen atoms in total. The molecule has 2 heterocycles. The van der Waals surface area contributed by atoms with Crippen molar-refractivity contribution in [1.82, 2.24) is 4.98 Å². The smallest absolute Gasteiger partial charge is 0.159 e. The average molecular weight is 296 g/mol. The molecule has 0 N–H and O–H groups in total. The van der Waals surface area contributed by atoms with Gasteiger partial charge in [0.2, 0.25) is 0 Å². The number of rotatable bonds is 1. The van der Waals surface area contributed by atoms with Gasteiger partial charge >= 0.3 is 0 Å². The quantitative estimate of drug-likeness (QED) is 0.798. The number of hydrogen-bond acceptors (Lipinski definition) is 4. The molecule has 0 aromatic carbocycles. The fraction of sp³-hybridized carbons (Fsp3) is 0.625. The zero-order chi connectivity index (χ0) is 10.2. The van der Waals surface area contributed by atoms with Crippen molar-refractivity contribution in [3.05, 3.63) is 15.0 Å². The highest BCUT2D eigenvalue weighted by Gasteiger charge is 2.25. The van der Waals surface area contributed by atoms with Crippen molar-refractivity contribution in [1.29, 1.82) is 0 Å². The van der Waals surface area contributed by atoms with Crippen molar-refractivity contribution in [2.24, 2.45) is 0 Å². The summed E-state index contributed by atoms with van der Waals surface area (Å²) in [6, 6.07) is 0. The normalized spacial score (nSPS) is 22.4. The molecular weight excluding hydrogens is 286 g/mol. The van der Waals surface area contributed by atoms with Crippen molar-refractivity contribution < 1.29 is 8.42 Å². The van der Waals surface area contributed by atoms with E-state index in [1.165, 1.54) is 4.88 Å². The van der Waals surface area contributed by atoms with Crippen LogP contribution in [-0.2, 0) is 9.84 Å². The van der Waals surface area contributed by atoms with Gasteiger partial charge < -0.3 is 0 Å². The first kappa shape index (κ1) is 10.6. The highest BCUT2D eigenvalue weighted by atomic mass is 79.9. The molecule has 0 saturated carbocycles. The van der Waals surface area contributed by atoms with Crippen LogP contribution in [0.25, 0.3) is 0 Å². The Balaban J connectivity index is 2.09. The minimum absolute atomic E-state index is 0.327. The second-order valence-corrected chi connectivity index (χ2v) is 8.08. The Morgan fingerprint density at radius 2 is 2.07 bits per heavy atom. The van der Waals surface area contributed by atoms with Crippen molar-refractivity contribution in [3.63, 3.8) is 0 Å². The lowest BCUT2D eigenvalue weighted by molar-refractivity contribution is 0.553. The van der Waals surface area contributed by atoms with Crippen molar-refractivity contribution in [2.75, 3.05) is 11.5 Å². The van der Waals surface area contributed by atoms with E-state index < -0.39 is 9.84 Å². The first-order valence-corrected chi connectivity index (χ1v) is 7.81. The van der Waals surface area contributed by atoms with Crippen LogP contribution in [0.1, 0.15) is 23.6 Å². The summed E-state index contributed by atoms with van der Waals surface area (Å²) in [6.45, 7) is 0. The van der Waals surface area contributed by atoms with Crippen LogP contribution < -0.4 is 0 Å². The Labute approximate surface area is 95.6 Å². The molecule has 78 valence electrons. The maximum Gasteiger partial charge on any atom is 0.159 e. The molecule has 0 unspecified atom stereocenters. The van der Waals surface area contributed by atoms with Crippen LogP contribution in [0.3, 0.4) is 0 Å². The van der Waals surface area contributed by atoms with Crippen LogP contribution in [0.15, 0.2) is 10.1 Å². The van der Waals surface area contributed by atoms with Crippen molar-refractivity contribution in [3.8, 4) is 0 Å². The van der Waals surface area contributed by atoms with Crippen LogP contribution in [0.2, 0.25) is 0 Å². The van der Waals surface area contributed by atoms with E-state index in [4.69, 9.17) is 0 Å². The average Bonchev–Trinajstić information content (AvgIpc) is 2.52. The lowest BCUT2D eigenvalue weighted by Gasteiger charge is -2.19. The van der Waals surface area contributed by atoms with Gasteiger partial charge in [0.15, 0.2) is 3.92 Å². The minimum Gasteiger partial charge on any atom is -0.237 e. The topological polar surface area (TPSA) is 47.0 Å². The third-order valence-corrected chi connectivity index (χ3v) is 5.81. The minimum atomic E-state index is -2.74. The molecule has 1 aliphatic rings. The number of halogens is 1. The van der Waals surface area contributed by atoms with Crippen LogP contribution in [0, 0.1) is 0 Å². The molecule has 0 spiro atoms. The van der Waals surface area contributed by atoms with Gasteiger partial charge in [0, 0.05) is 11.1 Å². The molecule has 2 rings (SSSR count). The standard InChI is InChI=1S/C8H10BrNO2S2/c9-8-10-5-7(13-8)6-1-3-14(11,12)4-2-6/h5-6H,1-4H2. The number of thiazole rings is 1. The number of nitrogens with zero attached hydrogens (tertiary/aromatic N) is 1. The van der Waals surface area contributed by atoms with Crippen LogP contribution in [0.4, 0.5) is 0 Å². The molecule has 1 fully saturated rings. The Bertz CT molecular complexity index is 412. The predicted octanol–water partition coefficient (Wildman–Crippen LogP) is 2.20. The molecule has 1 aromatic heterocycles. The Morgan fingerprint density at radius 3 is 2.57 bits per heavy atom. The molecular formula is C8H10BrNO2S2. The lowest BCUT2D eigenvalue weighted by atomic mass is 10.0. The first-order chi connectivity index (χ1) is 6.57. The van der Waals surface area contributed by atoms with Gasteiger partial charge in [-0.25, -0.2) is 13.4 Å². The van der Waals surface area contributed by atoms with E-state index in [0.717, 1.165) is 16.8 Å². The Hall–Kier alpha value is 0.0600. The molecule has 0 aliphatic carbocycles. The molecule has 0 radical (unpaired) electrons. The summed E-state index contributed by atoms with van der Waals surface area (Å²) < 4.78 is 23.3. The summed E-state index contributed by atoms with van der Waals surface area (Å²) in [5.74, 6) is 1.04. The van der Waals surface area contributed by atoms with Gasteiger partial charge in [0.1, 0.15) is 9.84 Å². The molecule has 0 bridgehead atoms. The third kappa shape index (κ3) is 2.35. The highest BCUT2D eigenvalue weighted by molar-refractivity contribution is 9.11. The van der Waals surface area contributed by atoms with Gasteiger partial charge in [-0.2, -0.15) is 0 Å². The van der Waals surface area contributed by atoms with Gasteiger partial charge in [0.05, 0.1) is 11.5 Å². The molecule has 1 saturated heterocycles. The zero-order valence-corrected chi connectivity index (χ0v) is 10.7. The second-order valence-electron chi connectivity index (χ2n) is 3.44. The van der Waals surface area contributed by atoms with E-state index in [1.807, 2.05) is 6.20 Å². The summed E-state index contributed by atoms with van der Waals surface area (Å²) in [7, 11) is -2.74. The SMILES string of the molecule is O=S1(=O)CCC(c2cnc(Br)s2)CC1. The fourth-order valence-electron chi connectivity index (χ4n) is 1.63. The number of aromatic nitrogens is 1. The van der Waals surface area contributed by atoms with Crippen molar-refractivity contribution in [2.45, 2.75) is 18.8 Å². The molecule has 0 amide bonds. The maximum absolute atomic E-state index is 11.2. The van der Waals surface area contributed by atoms with E-state index >= 15 is 0 Å². The van der Waals surface area contributed by atoms with E-state index in [9.17, 15) is 8.42 Å². The van der Waals surface area contributed by atoms with Crippen LogP contribution in [-0.4, -0.2) is 24.9 Å². The summed E-state index contributed by atoms with van der Waals surface area (Å²) in [4.78, 5) is 5.31. The van der Waals surface area contributed by atoms with Gasteiger partial charge in [-0.3, -0.25) is 0 Å². The molecule has 0 atom stereocenters. The van der Waals surface area contributed by atoms with E-state index in [-0.39, 0.29) is 0 Å². The molecule has 14 heavy (non-hydrogen) atoms. The van der Waals surface area contributed by atoms with E-state index in [1.54, 1.807) is 11.3 Å². The highest BCUT2D eigenvalue weighted by Crippen LogP contribution is 2.33. The summed E-state index contributed by atoms with van der Waals surface area (Å²) in [5, 5.41) is 0. The molecule has 1 aliphatic heterocycles. The fourth-order valence-corrected chi connectivity index (χ4v) is 4.59. The summed E-state index contributed by atoms with van der Waals surface area (Å²) in [5.41, 5.74) is 0. The zero-order valence-electron chi connectivity index (χ0n) is 7.44. The van der Waals surface area contributed by atoms with Crippen LogP contribution >= 0.6 is 27.3 Å². The van der Waals surface area contributed by atoms with Gasteiger partial charge in [0.25, 0.3) is 0 Å². The summed E-state index contributed by atoms with van der Waals surface area (Å²) in [6.07, 6.45) is 3.34. The number of hydrogen-bond donors (Lipinski definition) is 0. The third-order valence-electron chi connectivity index (χ3n) is 2.45. The Morgan fingerprint density at radius 1 is 1.43 bits per heavy atom. The molecule has 6 heteroatoms. The first-order valence-electron chi connectivity index (χ1n) is 4.38. The monoisotopic (exact) mass is 295 g/mol.